The zero-order valence-corrected chi connectivity index (χ0v) is 7.09. The van der Waals surface area contributed by atoms with Gasteiger partial charge in [-0.2, -0.15) is 0 Å². The summed E-state index contributed by atoms with van der Waals surface area (Å²) in [5, 5.41) is 3.44. The van der Waals surface area contributed by atoms with Crippen molar-refractivity contribution in [2.75, 3.05) is 5.32 Å². The van der Waals surface area contributed by atoms with Gasteiger partial charge in [0.1, 0.15) is 0 Å². The maximum Gasteiger partial charge on any atom is 0.0345 e. The van der Waals surface area contributed by atoms with E-state index in [-0.39, 0.29) is 0 Å². The Labute approximate surface area is 72.8 Å². The summed E-state index contributed by atoms with van der Waals surface area (Å²) in [4.78, 5) is 0. The number of rotatable bonds is 3. The lowest BCUT2D eigenvalue weighted by atomic mass is 10.2. The van der Waals surface area contributed by atoms with Gasteiger partial charge in [0.15, 0.2) is 0 Å². The van der Waals surface area contributed by atoms with E-state index >= 15 is 0 Å². The van der Waals surface area contributed by atoms with Crippen LogP contribution in [0, 0.1) is 0 Å². The Morgan fingerprint density at radius 2 is 2.25 bits per heavy atom. The van der Waals surface area contributed by atoms with E-state index in [2.05, 4.69) is 23.5 Å². The largest absolute Gasteiger partial charge is 0.382 e. The summed E-state index contributed by atoms with van der Waals surface area (Å²) in [5.41, 5.74) is 7.94. The van der Waals surface area contributed by atoms with Crippen LogP contribution in [-0.2, 0) is 6.54 Å². The first kappa shape index (κ1) is 7.62. The van der Waals surface area contributed by atoms with E-state index in [0.717, 1.165) is 6.04 Å². The minimum Gasteiger partial charge on any atom is -0.382 e. The van der Waals surface area contributed by atoms with Gasteiger partial charge in [0.25, 0.3) is 0 Å². The first-order chi connectivity index (χ1) is 5.88. The Balaban J connectivity index is 2.08. The standard InChI is InChI=1S/C10H14N2/c11-7-8-2-1-3-10(6-8)12-9-4-5-9/h1-3,6,9,12H,4-5,7,11H2. The molecular formula is C10H14N2. The number of anilines is 1. The number of benzene rings is 1. The first-order valence-electron chi connectivity index (χ1n) is 4.44. The second-order valence-corrected chi connectivity index (χ2v) is 3.32. The molecule has 2 rings (SSSR count). The molecule has 1 fully saturated rings. The molecule has 3 N–H and O–H groups in total. The molecule has 2 nitrogen and oxygen atoms in total. The predicted octanol–water partition coefficient (Wildman–Crippen LogP) is 1.72. The van der Waals surface area contributed by atoms with E-state index in [1.807, 2.05) is 6.07 Å². The lowest BCUT2D eigenvalue weighted by Crippen LogP contribution is -2.02. The van der Waals surface area contributed by atoms with E-state index in [9.17, 15) is 0 Å². The summed E-state index contributed by atoms with van der Waals surface area (Å²) in [6.45, 7) is 0.625. The van der Waals surface area contributed by atoms with E-state index in [1.165, 1.54) is 24.1 Å². The lowest BCUT2D eigenvalue weighted by Gasteiger charge is -2.05. The van der Waals surface area contributed by atoms with E-state index < -0.39 is 0 Å². The van der Waals surface area contributed by atoms with Crippen LogP contribution >= 0.6 is 0 Å². The molecule has 1 aromatic rings. The topological polar surface area (TPSA) is 38.0 Å². The molecule has 0 radical (unpaired) electrons. The first-order valence-corrected chi connectivity index (χ1v) is 4.44. The smallest absolute Gasteiger partial charge is 0.0345 e. The van der Waals surface area contributed by atoms with Crippen molar-refractivity contribution < 1.29 is 0 Å². The van der Waals surface area contributed by atoms with Crippen molar-refractivity contribution in [3.05, 3.63) is 29.8 Å². The molecule has 1 saturated carbocycles. The van der Waals surface area contributed by atoms with Gasteiger partial charge in [0.2, 0.25) is 0 Å². The number of nitrogens with one attached hydrogen (secondary N) is 1. The van der Waals surface area contributed by atoms with Crippen molar-refractivity contribution >= 4 is 5.69 Å². The highest BCUT2D eigenvalue weighted by atomic mass is 14.9. The van der Waals surface area contributed by atoms with Crippen molar-refractivity contribution in [3.8, 4) is 0 Å². The normalized spacial score (nSPS) is 16.1. The van der Waals surface area contributed by atoms with Crippen molar-refractivity contribution in [2.45, 2.75) is 25.4 Å². The third-order valence-electron chi connectivity index (χ3n) is 2.11. The number of nitrogens with two attached hydrogens (primary N) is 1. The van der Waals surface area contributed by atoms with Crippen LogP contribution in [0.25, 0.3) is 0 Å². The minimum absolute atomic E-state index is 0.625. The molecule has 64 valence electrons. The summed E-state index contributed by atoms with van der Waals surface area (Å²) in [5.74, 6) is 0. The summed E-state index contributed by atoms with van der Waals surface area (Å²) >= 11 is 0. The summed E-state index contributed by atoms with van der Waals surface area (Å²) in [7, 11) is 0. The quantitative estimate of drug-likeness (QED) is 0.710. The number of hydrogen-bond acceptors (Lipinski definition) is 2. The lowest BCUT2D eigenvalue weighted by molar-refractivity contribution is 1.07. The molecule has 1 aliphatic carbocycles. The third-order valence-corrected chi connectivity index (χ3v) is 2.11. The van der Waals surface area contributed by atoms with Gasteiger partial charge in [-0.15, -0.1) is 0 Å². The van der Waals surface area contributed by atoms with Gasteiger partial charge < -0.3 is 11.1 Å². The fraction of sp³-hybridized carbons (Fsp3) is 0.400. The molecule has 1 aliphatic rings. The van der Waals surface area contributed by atoms with Gasteiger partial charge in [0.05, 0.1) is 0 Å². The Morgan fingerprint density at radius 3 is 2.92 bits per heavy atom. The molecule has 0 atom stereocenters. The third kappa shape index (κ3) is 1.77. The van der Waals surface area contributed by atoms with Crippen LogP contribution in [0.1, 0.15) is 18.4 Å². The Hall–Kier alpha value is -1.02. The average molecular weight is 162 g/mol. The molecule has 12 heavy (non-hydrogen) atoms. The number of hydrogen-bond donors (Lipinski definition) is 2. The molecule has 0 aromatic heterocycles. The van der Waals surface area contributed by atoms with Crippen LogP contribution in [-0.4, -0.2) is 6.04 Å². The van der Waals surface area contributed by atoms with E-state index in [0.29, 0.717) is 6.54 Å². The molecule has 0 bridgehead atoms. The summed E-state index contributed by atoms with van der Waals surface area (Å²) < 4.78 is 0. The zero-order valence-electron chi connectivity index (χ0n) is 7.09. The van der Waals surface area contributed by atoms with Crippen molar-refractivity contribution in [3.63, 3.8) is 0 Å². The molecule has 1 aromatic carbocycles. The van der Waals surface area contributed by atoms with Crippen LogP contribution in [0.15, 0.2) is 24.3 Å². The van der Waals surface area contributed by atoms with E-state index in [4.69, 9.17) is 5.73 Å². The van der Waals surface area contributed by atoms with Crippen LogP contribution in [0.2, 0.25) is 0 Å². The van der Waals surface area contributed by atoms with Crippen LogP contribution in [0.3, 0.4) is 0 Å². The monoisotopic (exact) mass is 162 g/mol. The van der Waals surface area contributed by atoms with Gasteiger partial charge in [-0.05, 0) is 30.5 Å². The molecule has 0 spiro atoms. The van der Waals surface area contributed by atoms with Gasteiger partial charge in [-0.3, -0.25) is 0 Å². The van der Waals surface area contributed by atoms with Crippen molar-refractivity contribution in [1.29, 1.82) is 0 Å². The Morgan fingerprint density at radius 1 is 1.42 bits per heavy atom. The SMILES string of the molecule is NCc1cccc(NC2CC2)c1. The summed E-state index contributed by atoms with van der Waals surface area (Å²) in [6, 6.07) is 9.04. The predicted molar refractivity (Wildman–Crippen MR) is 51.0 cm³/mol. The molecule has 0 amide bonds. The molecule has 0 aliphatic heterocycles. The van der Waals surface area contributed by atoms with Crippen LogP contribution in [0.5, 0.6) is 0 Å². The second-order valence-electron chi connectivity index (χ2n) is 3.32. The average Bonchev–Trinajstić information content (AvgIpc) is 2.89. The van der Waals surface area contributed by atoms with Gasteiger partial charge in [0, 0.05) is 18.3 Å². The maximum absolute atomic E-state index is 5.54. The van der Waals surface area contributed by atoms with Gasteiger partial charge in [-0.1, -0.05) is 12.1 Å². The molecular weight excluding hydrogens is 148 g/mol. The van der Waals surface area contributed by atoms with Crippen LogP contribution in [0.4, 0.5) is 5.69 Å². The minimum atomic E-state index is 0.625. The maximum atomic E-state index is 5.54. The molecule has 0 unspecified atom stereocenters. The Kier molecular flexibility index (Phi) is 2.00. The highest BCUT2D eigenvalue weighted by molar-refractivity contribution is 5.47. The highest BCUT2D eigenvalue weighted by Gasteiger charge is 2.20. The fourth-order valence-corrected chi connectivity index (χ4v) is 1.25. The molecule has 0 heterocycles. The second kappa shape index (κ2) is 3.15. The van der Waals surface area contributed by atoms with Gasteiger partial charge >= 0.3 is 0 Å². The van der Waals surface area contributed by atoms with Crippen LogP contribution < -0.4 is 11.1 Å². The Bertz CT molecular complexity index is 266. The van der Waals surface area contributed by atoms with Crippen molar-refractivity contribution in [1.82, 2.24) is 0 Å². The van der Waals surface area contributed by atoms with Gasteiger partial charge in [-0.25, -0.2) is 0 Å². The highest BCUT2D eigenvalue weighted by Crippen LogP contribution is 2.24. The molecule has 0 saturated heterocycles. The summed E-state index contributed by atoms with van der Waals surface area (Å²) in [6.07, 6.45) is 2.62. The fourth-order valence-electron chi connectivity index (χ4n) is 1.25. The zero-order chi connectivity index (χ0) is 8.39. The van der Waals surface area contributed by atoms with E-state index in [1.54, 1.807) is 0 Å². The molecule has 2 heteroatoms. The van der Waals surface area contributed by atoms with Crippen molar-refractivity contribution in [2.24, 2.45) is 5.73 Å².